The minimum absolute atomic E-state index is 0.129. The van der Waals surface area contributed by atoms with Crippen LogP contribution in [0, 0.1) is 5.41 Å². The summed E-state index contributed by atoms with van der Waals surface area (Å²) in [6.45, 7) is 4.17. The third-order valence-electron chi connectivity index (χ3n) is 5.94. The van der Waals surface area contributed by atoms with Crippen molar-refractivity contribution in [2.45, 2.75) is 29.6 Å². The van der Waals surface area contributed by atoms with Crippen LogP contribution >= 0.6 is 27.7 Å². The molecule has 0 saturated heterocycles. The molecule has 0 radical (unpaired) electrons. The first kappa shape index (κ1) is 28.0. The molecule has 3 aromatic heterocycles. The Hall–Kier alpha value is -4.55. The summed E-state index contributed by atoms with van der Waals surface area (Å²) < 4.78 is 0.820. The molecule has 2 aromatic carbocycles. The predicted molar refractivity (Wildman–Crippen MR) is 167 cm³/mol. The van der Waals surface area contributed by atoms with E-state index in [9.17, 15) is 4.79 Å². The molecule has 5 aromatic rings. The number of carbonyl (C=O) groups is 1. The summed E-state index contributed by atoms with van der Waals surface area (Å²) in [4.78, 5) is 32.8. The van der Waals surface area contributed by atoms with E-state index in [2.05, 4.69) is 60.7 Å². The zero-order valence-corrected chi connectivity index (χ0v) is 24.5. The molecule has 0 fully saturated rings. The van der Waals surface area contributed by atoms with Crippen molar-refractivity contribution in [1.29, 1.82) is 5.41 Å². The van der Waals surface area contributed by atoms with Crippen LogP contribution in [0.5, 0.6) is 0 Å². The largest absolute Gasteiger partial charge is 0.370 e. The highest BCUT2D eigenvalue weighted by atomic mass is 79.9. The van der Waals surface area contributed by atoms with Crippen LogP contribution in [0.25, 0.3) is 11.0 Å². The summed E-state index contributed by atoms with van der Waals surface area (Å²) in [5, 5.41) is 17.2. The highest BCUT2D eigenvalue weighted by Gasteiger charge is 2.15. The Balaban J connectivity index is 1.49. The first-order chi connectivity index (χ1) is 19.7. The number of halogens is 1. The molecule has 0 aliphatic heterocycles. The van der Waals surface area contributed by atoms with Gasteiger partial charge in [0.2, 0.25) is 0 Å². The molecule has 0 saturated carbocycles. The van der Waals surface area contributed by atoms with E-state index in [1.165, 1.54) is 18.1 Å². The normalized spacial score (nSPS) is 10.9. The molecule has 3 heterocycles. The van der Waals surface area contributed by atoms with Crippen molar-refractivity contribution in [1.82, 2.24) is 19.9 Å². The lowest BCUT2D eigenvalue weighted by atomic mass is 10.1. The van der Waals surface area contributed by atoms with Gasteiger partial charge >= 0.3 is 0 Å². The number of benzene rings is 2. The molecule has 5 rings (SSSR count). The van der Waals surface area contributed by atoms with Gasteiger partial charge in [-0.15, -0.1) is 0 Å². The van der Waals surface area contributed by atoms with Crippen LogP contribution in [0.3, 0.4) is 0 Å². The van der Waals surface area contributed by atoms with Crippen molar-refractivity contribution in [3.63, 3.8) is 0 Å². The number of nitrogens with one attached hydrogen (secondary N) is 4. The zero-order chi connectivity index (χ0) is 28.9. The summed E-state index contributed by atoms with van der Waals surface area (Å²) in [5.74, 6) is 0.860. The van der Waals surface area contributed by atoms with Gasteiger partial charge in [0.1, 0.15) is 18.0 Å². The minimum Gasteiger partial charge on any atom is -0.370 e. The summed E-state index contributed by atoms with van der Waals surface area (Å²) in [7, 11) is 0. The topological polar surface area (TPSA) is 155 Å². The van der Waals surface area contributed by atoms with E-state index >= 15 is 0 Å². The van der Waals surface area contributed by atoms with Crippen molar-refractivity contribution < 1.29 is 4.79 Å². The first-order valence-electron chi connectivity index (χ1n) is 12.6. The summed E-state index contributed by atoms with van der Waals surface area (Å²) in [6, 6.07) is 20.5. The molecule has 12 heteroatoms. The number of anilines is 4. The van der Waals surface area contributed by atoms with Gasteiger partial charge in [-0.05, 0) is 88.6 Å². The smallest absolute Gasteiger partial charge is 0.256 e. The van der Waals surface area contributed by atoms with Gasteiger partial charge in [0.05, 0.1) is 11.1 Å². The van der Waals surface area contributed by atoms with Crippen molar-refractivity contribution >= 4 is 73.6 Å². The molecule has 0 aliphatic rings. The third-order valence-corrected chi connectivity index (χ3v) is 7.49. The second kappa shape index (κ2) is 12.3. The van der Waals surface area contributed by atoms with Crippen LogP contribution < -0.4 is 21.7 Å². The second-order valence-corrected chi connectivity index (χ2v) is 11.3. The molecule has 10 nitrogen and oxygen atoms in total. The number of aromatic nitrogens is 4. The molecule has 41 heavy (non-hydrogen) atoms. The van der Waals surface area contributed by atoms with E-state index < -0.39 is 0 Å². The van der Waals surface area contributed by atoms with E-state index in [0.29, 0.717) is 28.5 Å². The highest BCUT2D eigenvalue weighted by Crippen LogP contribution is 2.37. The summed E-state index contributed by atoms with van der Waals surface area (Å²) >= 11 is 4.87. The fraction of sp³-hybridized carbons (Fsp3) is 0.103. The fourth-order valence-electron chi connectivity index (χ4n) is 3.89. The number of hydrogen-bond donors (Lipinski definition) is 5. The average Bonchev–Trinajstić information content (AvgIpc) is 2.95. The van der Waals surface area contributed by atoms with Crippen LogP contribution in [-0.4, -0.2) is 31.8 Å². The lowest BCUT2D eigenvalue weighted by Crippen LogP contribution is -2.20. The highest BCUT2D eigenvalue weighted by molar-refractivity contribution is 9.10. The van der Waals surface area contributed by atoms with Crippen molar-refractivity contribution in [3.05, 3.63) is 95.0 Å². The maximum atomic E-state index is 13.1. The van der Waals surface area contributed by atoms with Crippen molar-refractivity contribution in [3.8, 4) is 0 Å². The monoisotopic (exact) mass is 627 g/mol. The molecule has 0 atom stereocenters. The number of fused-ring (bicyclic) bond motifs is 1. The Labute approximate surface area is 249 Å². The molecule has 0 bridgehead atoms. The molecule has 206 valence electrons. The average molecular weight is 629 g/mol. The van der Waals surface area contributed by atoms with Crippen molar-refractivity contribution in [2.75, 3.05) is 16.0 Å². The van der Waals surface area contributed by atoms with Gasteiger partial charge in [0.15, 0.2) is 11.6 Å². The number of hydrogen-bond acceptors (Lipinski definition) is 8. The van der Waals surface area contributed by atoms with Gasteiger partial charge in [-0.2, -0.15) is 0 Å². The van der Waals surface area contributed by atoms with E-state index in [1.54, 1.807) is 24.4 Å². The minimum atomic E-state index is -0.296. The lowest BCUT2D eigenvalue weighted by molar-refractivity contribution is 0.102. The van der Waals surface area contributed by atoms with Gasteiger partial charge in [0, 0.05) is 37.4 Å². The van der Waals surface area contributed by atoms with E-state index in [4.69, 9.17) is 16.1 Å². The maximum Gasteiger partial charge on any atom is 0.256 e. The van der Waals surface area contributed by atoms with Gasteiger partial charge in [-0.25, -0.2) is 19.9 Å². The second-order valence-electron chi connectivity index (χ2n) is 9.30. The van der Waals surface area contributed by atoms with Crippen molar-refractivity contribution in [2.24, 2.45) is 5.73 Å². The number of pyridine rings is 2. The van der Waals surface area contributed by atoms with Crippen LogP contribution in [-0.2, 0) is 0 Å². The molecule has 6 N–H and O–H groups in total. The van der Waals surface area contributed by atoms with Crippen LogP contribution in [0.15, 0.2) is 93.5 Å². The lowest BCUT2D eigenvalue weighted by Gasteiger charge is -2.15. The van der Waals surface area contributed by atoms with E-state index in [1.807, 2.05) is 48.5 Å². The molecular weight excluding hydrogens is 602 g/mol. The number of amides is 1. The molecule has 0 unspecified atom stereocenters. The SMILES string of the molecule is CC(C)c1ccc2c(Nc3cc(C(=O)Nc4ccc(Br)cn4)ccc3Sc3ccc(NC(=N)N)cc3)ncnc2n1. The number of nitrogens with two attached hydrogens (primary N) is 1. The fourth-order valence-corrected chi connectivity index (χ4v) is 5.01. The first-order valence-corrected chi connectivity index (χ1v) is 14.2. The van der Waals surface area contributed by atoms with Gasteiger partial charge < -0.3 is 21.7 Å². The number of carbonyl (C=O) groups excluding carboxylic acids is 1. The molecule has 0 spiro atoms. The molecular formula is C29H26BrN9OS. The third kappa shape index (κ3) is 6.97. The maximum absolute atomic E-state index is 13.1. The Morgan fingerprint density at radius 3 is 2.49 bits per heavy atom. The van der Waals surface area contributed by atoms with Crippen LogP contribution in [0.4, 0.5) is 23.0 Å². The Morgan fingerprint density at radius 1 is 0.976 bits per heavy atom. The van der Waals surface area contributed by atoms with Crippen LogP contribution in [0.2, 0.25) is 0 Å². The number of nitrogens with zero attached hydrogens (tertiary/aromatic N) is 4. The zero-order valence-electron chi connectivity index (χ0n) is 22.1. The van der Waals surface area contributed by atoms with Crippen LogP contribution in [0.1, 0.15) is 35.8 Å². The summed E-state index contributed by atoms with van der Waals surface area (Å²) in [6.07, 6.45) is 3.10. The Bertz CT molecular complexity index is 1730. The van der Waals surface area contributed by atoms with E-state index in [0.717, 1.165) is 31.0 Å². The number of guanidine groups is 1. The van der Waals surface area contributed by atoms with Gasteiger partial charge in [-0.1, -0.05) is 25.6 Å². The predicted octanol–water partition coefficient (Wildman–Crippen LogP) is 6.76. The molecule has 1 amide bonds. The standard InChI is InChI=1S/C29H26BrN9OS/c1-16(2)22-10-9-21-26(37-22)34-15-35-27(21)38-23-13-17(28(40)39-25-12-4-18(30)14-33-25)3-11-24(23)41-20-7-5-19(6-8-20)36-29(31)32/h3-16H,1-2H3,(H4,31,32,36)(H,33,39,40)(H,34,35,37,38). The summed E-state index contributed by atoms with van der Waals surface area (Å²) in [5.41, 5.74) is 8.82. The van der Waals surface area contributed by atoms with Gasteiger partial charge in [0.25, 0.3) is 5.91 Å². The van der Waals surface area contributed by atoms with E-state index in [-0.39, 0.29) is 17.8 Å². The Kier molecular flexibility index (Phi) is 8.41. The number of rotatable bonds is 8. The molecule has 0 aliphatic carbocycles. The quantitative estimate of drug-likeness (QED) is 0.0926. The Morgan fingerprint density at radius 2 is 1.78 bits per heavy atom. The van der Waals surface area contributed by atoms with Gasteiger partial charge in [-0.3, -0.25) is 10.2 Å².